The highest BCUT2D eigenvalue weighted by Gasteiger charge is 2.23. The Morgan fingerprint density at radius 3 is 2.55 bits per heavy atom. The Morgan fingerprint density at radius 1 is 1.21 bits per heavy atom. The lowest BCUT2D eigenvalue weighted by Crippen LogP contribution is -2.38. The van der Waals surface area contributed by atoms with Gasteiger partial charge in [0.05, 0.1) is 12.6 Å². The average molecular weight is 410 g/mol. The maximum Gasteiger partial charge on any atom is 0.350 e. The van der Waals surface area contributed by atoms with Crippen LogP contribution in [0.3, 0.4) is 0 Å². The molecule has 1 saturated carbocycles. The second kappa shape index (κ2) is 11.7. The number of carboxylic acid groups (broad SMARTS) is 1. The van der Waals surface area contributed by atoms with Crippen LogP contribution in [0.4, 0.5) is 0 Å². The third-order valence-electron chi connectivity index (χ3n) is 5.72. The number of hydrogen-bond acceptors (Lipinski definition) is 5. The summed E-state index contributed by atoms with van der Waals surface area (Å²) in [4.78, 5) is 23.3. The number of aromatic hydroxyl groups is 1. The van der Waals surface area contributed by atoms with Crippen molar-refractivity contribution in [1.82, 2.24) is 9.24 Å². The number of carbonyl (C=O) groups is 1. The molecule has 1 aromatic heterocycles. The van der Waals surface area contributed by atoms with Crippen molar-refractivity contribution >= 4 is 5.97 Å². The summed E-state index contributed by atoms with van der Waals surface area (Å²) in [7, 11) is 0. The number of allylic oxidation sites excluding steroid dienone is 1. The fourth-order valence-electron chi connectivity index (χ4n) is 4.06. The number of aliphatic hydroxyl groups is 1. The summed E-state index contributed by atoms with van der Waals surface area (Å²) in [6.07, 6.45) is 10.1. The Hall–Kier alpha value is -2.22. The molecule has 1 heterocycles. The van der Waals surface area contributed by atoms with Gasteiger partial charge in [-0.2, -0.15) is 0 Å². The van der Waals surface area contributed by atoms with Crippen molar-refractivity contribution in [2.75, 3.05) is 12.0 Å². The Labute approximate surface area is 171 Å². The van der Waals surface area contributed by atoms with Crippen molar-refractivity contribution in [3.63, 3.8) is 0 Å². The molecular formula is C21H35N3O5. The molecule has 1 fully saturated rings. The fourth-order valence-corrected chi connectivity index (χ4v) is 4.06. The number of nitrogens with one attached hydrogen (secondary N) is 1. The van der Waals surface area contributed by atoms with Gasteiger partial charge in [-0.05, 0) is 38.0 Å². The number of unbranched alkanes of at least 4 members (excludes halogenated alkanes) is 3. The van der Waals surface area contributed by atoms with E-state index in [0.717, 1.165) is 44.9 Å². The van der Waals surface area contributed by atoms with Crippen LogP contribution in [0.5, 0.6) is 5.88 Å². The van der Waals surface area contributed by atoms with Crippen LogP contribution in [0, 0.1) is 5.92 Å². The van der Waals surface area contributed by atoms with Crippen molar-refractivity contribution in [3.05, 3.63) is 28.8 Å². The number of hydrogen-bond donors (Lipinski definition) is 4. The zero-order valence-electron chi connectivity index (χ0n) is 17.2. The van der Waals surface area contributed by atoms with Crippen LogP contribution in [0.25, 0.3) is 0 Å². The van der Waals surface area contributed by atoms with E-state index in [4.69, 9.17) is 5.11 Å². The number of carboxylic acids is 1. The molecule has 0 spiro atoms. The predicted molar refractivity (Wildman–Crippen MR) is 112 cm³/mol. The molecule has 1 atom stereocenters. The smallest absolute Gasteiger partial charge is 0.350 e. The standard InChI is InChI=1S/C21H35N3O5/c1-2-14-23-20(28)17(12-8-3-4-9-13-19(26)27)24(21(23)29)22-15-18(25)16-10-6-5-7-11-16/h2,16,18,22,25,28H,1,3-15H2,(H,26,27). The van der Waals surface area contributed by atoms with Crippen LogP contribution in [0.2, 0.25) is 0 Å². The van der Waals surface area contributed by atoms with Crippen molar-refractivity contribution < 1.29 is 20.1 Å². The van der Waals surface area contributed by atoms with Crippen molar-refractivity contribution in [2.45, 2.75) is 83.3 Å². The molecule has 0 aliphatic heterocycles. The summed E-state index contributed by atoms with van der Waals surface area (Å²) in [6, 6.07) is 0. The fraction of sp³-hybridized carbons (Fsp3) is 0.714. The SMILES string of the molecule is C=CCn1c(O)c(CCCCCCC(=O)O)n(NCC(O)C2CCCCC2)c1=O. The van der Waals surface area contributed by atoms with Gasteiger partial charge in [0, 0.05) is 13.0 Å². The number of nitrogens with zero attached hydrogens (tertiary/aromatic N) is 2. The quantitative estimate of drug-likeness (QED) is 0.294. The van der Waals surface area contributed by atoms with Gasteiger partial charge in [0.2, 0.25) is 5.88 Å². The largest absolute Gasteiger partial charge is 0.493 e. The lowest BCUT2D eigenvalue weighted by atomic mass is 9.85. The molecule has 4 N–H and O–H groups in total. The summed E-state index contributed by atoms with van der Waals surface area (Å²) < 4.78 is 2.61. The van der Waals surface area contributed by atoms with E-state index < -0.39 is 12.1 Å². The number of aliphatic carboxylic acids is 1. The maximum absolute atomic E-state index is 12.7. The summed E-state index contributed by atoms with van der Waals surface area (Å²) >= 11 is 0. The zero-order chi connectivity index (χ0) is 21.2. The van der Waals surface area contributed by atoms with Crippen LogP contribution in [-0.4, -0.2) is 43.2 Å². The summed E-state index contributed by atoms with van der Waals surface area (Å²) in [5.74, 6) is -0.632. The minimum absolute atomic E-state index is 0.0832. The average Bonchev–Trinajstić information content (AvgIpc) is 2.93. The first kappa shape index (κ1) is 23.1. The van der Waals surface area contributed by atoms with Crippen LogP contribution in [-0.2, 0) is 17.8 Å². The molecule has 1 aliphatic rings. The predicted octanol–water partition coefficient (Wildman–Crippen LogP) is 2.60. The zero-order valence-corrected chi connectivity index (χ0v) is 17.2. The Morgan fingerprint density at radius 2 is 1.90 bits per heavy atom. The number of aliphatic hydroxyl groups excluding tert-OH is 1. The van der Waals surface area contributed by atoms with E-state index in [1.165, 1.54) is 15.7 Å². The Kier molecular flexibility index (Phi) is 9.31. The molecule has 8 nitrogen and oxygen atoms in total. The minimum Gasteiger partial charge on any atom is -0.493 e. The molecule has 0 amide bonds. The second-order valence-corrected chi connectivity index (χ2v) is 7.92. The Balaban J connectivity index is 2.00. The van der Waals surface area contributed by atoms with Crippen molar-refractivity contribution in [2.24, 2.45) is 5.92 Å². The number of aromatic nitrogens is 2. The first-order chi connectivity index (χ1) is 14.0. The van der Waals surface area contributed by atoms with Crippen LogP contribution < -0.4 is 11.1 Å². The van der Waals surface area contributed by atoms with Crippen molar-refractivity contribution in [1.29, 1.82) is 0 Å². The summed E-state index contributed by atoms with van der Waals surface area (Å²) in [5.41, 5.74) is 3.14. The first-order valence-corrected chi connectivity index (χ1v) is 10.7. The highest BCUT2D eigenvalue weighted by Crippen LogP contribution is 2.26. The van der Waals surface area contributed by atoms with Gasteiger partial charge in [0.25, 0.3) is 0 Å². The van der Waals surface area contributed by atoms with Crippen LogP contribution >= 0.6 is 0 Å². The third kappa shape index (κ3) is 6.66. The van der Waals surface area contributed by atoms with E-state index in [9.17, 15) is 19.8 Å². The van der Waals surface area contributed by atoms with Gasteiger partial charge in [-0.3, -0.25) is 9.36 Å². The molecule has 8 heteroatoms. The molecule has 1 aromatic rings. The van der Waals surface area contributed by atoms with Gasteiger partial charge in [0.1, 0.15) is 5.69 Å². The van der Waals surface area contributed by atoms with E-state index in [0.29, 0.717) is 18.5 Å². The van der Waals surface area contributed by atoms with Gasteiger partial charge in [-0.1, -0.05) is 38.2 Å². The molecule has 0 bridgehead atoms. The summed E-state index contributed by atoms with van der Waals surface area (Å²) in [5, 5.41) is 29.7. The molecular weight excluding hydrogens is 374 g/mol. The van der Waals surface area contributed by atoms with Crippen molar-refractivity contribution in [3.8, 4) is 5.88 Å². The molecule has 164 valence electrons. The van der Waals surface area contributed by atoms with Gasteiger partial charge in [0.15, 0.2) is 0 Å². The van der Waals surface area contributed by atoms with Crippen LogP contribution in [0.15, 0.2) is 17.4 Å². The molecule has 1 aliphatic carbocycles. The molecule has 0 saturated heterocycles. The topological polar surface area (TPSA) is 117 Å². The Bertz CT molecular complexity index is 719. The molecule has 29 heavy (non-hydrogen) atoms. The minimum atomic E-state index is -0.793. The molecule has 0 aromatic carbocycles. The van der Waals surface area contributed by atoms with Gasteiger partial charge in [-0.15, -0.1) is 6.58 Å². The monoisotopic (exact) mass is 409 g/mol. The summed E-state index contributed by atoms with van der Waals surface area (Å²) in [6.45, 7) is 4.10. The maximum atomic E-state index is 12.7. The lowest BCUT2D eigenvalue weighted by Gasteiger charge is -2.27. The highest BCUT2D eigenvalue weighted by molar-refractivity contribution is 5.66. The molecule has 1 unspecified atom stereocenters. The van der Waals surface area contributed by atoms with E-state index in [1.54, 1.807) is 6.08 Å². The normalized spacial score (nSPS) is 15.9. The van der Waals surface area contributed by atoms with Gasteiger partial charge in [-0.25, -0.2) is 9.47 Å². The van der Waals surface area contributed by atoms with E-state index in [-0.39, 0.29) is 37.0 Å². The van der Waals surface area contributed by atoms with Gasteiger partial charge >= 0.3 is 11.7 Å². The first-order valence-electron chi connectivity index (χ1n) is 10.7. The van der Waals surface area contributed by atoms with E-state index in [2.05, 4.69) is 12.0 Å². The third-order valence-corrected chi connectivity index (χ3v) is 5.72. The van der Waals surface area contributed by atoms with E-state index in [1.807, 2.05) is 0 Å². The van der Waals surface area contributed by atoms with Crippen LogP contribution in [0.1, 0.15) is 69.9 Å². The van der Waals surface area contributed by atoms with Gasteiger partial charge < -0.3 is 20.7 Å². The lowest BCUT2D eigenvalue weighted by molar-refractivity contribution is -0.137. The molecule has 2 rings (SSSR count). The highest BCUT2D eigenvalue weighted by atomic mass is 16.4. The molecule has 0 radical (unpaired) electrons. The van der Waals surface area contributed by atoms with E-state index >= 15 is 0 Å². The number of rotatable bonds is 13. The number of imidazole rings is 1. The second-order valence-electron chi connectivity index (χ2n) is 7.92.